The van der Waals surface area contributed by atoms with Gasteiger partial charge in [0, 0.05) is 39.4 Å². The monoisotopic (exact) mass is 357 g/mol. The normalized spacial score (nSPS) is 13.6. The average Bonchev–Trinajstić information content (AvgIpc) is 3.06. The number of hydrogen-bond acceptors (Lipinski definition) is 2. The summed E-state index contributed by atoms with van der Waals surface area (Å²) in [5.74, 6) is -0.405. The van der Waals surface area contributed by atoms with Crippen LogP contribution in [0.4, 0.5) is 5.69 Å². The van der Waals surface area contributed by atoms with E-state index >= 15 is 0 Å². The molecule has 0 saturated heterocycles. The minimum atomic E-state index is -0.405. The molecule has 0 unspecified atom stereocenters. The van der Waals surface area contributed by atoms with Gasteiger partial charge < -0.3 is 15.3 Å². The van der Waals surface area contributed by atoms with Gasteiger partial charge in [0.1, 0.15) is 5.56 Å². The summed E-state index contributed by atoms with van der Waals surface area (Å²) in [6, 6.07) is 13.1. The molecule has 5 rings (SSSR count). The van der Waals surface area contributed by atoms with Crippen molar-refractivity contribution in [1.82, 2.24) is 9.97 Å². The maximum atomic E-state index is 12.7. The summed E-state index contributed by atoms with van der Waals surface area (Å²) in [5, 5.41) is 4.60. The predicted molar refractivity (Wildman–Crippen MR) is 107 cm³/mol. The molecule has 0 spiro atoms. The highest BCUT2D eigenvalue weighted by molar-refractivity contribution is 6.06. The van der Waals surface area contributed by atoms with Crippen LogP contribution in [0.2, 0.25) is 0 Å². The number of fused-ring (bicyclic) bond motifs is 4. The van der Waals surface area contributed by atoms with Crippen molar-refractivity contribution in [2.45, 2.75) is 25.7 Å². The van der Waals surface area contributed by atoms with Crippen LogP contribution < -0.4 is 10.7 Å². The van der Waals surface area contributed by atoms with Crippen molar-refractivity contribution in [3.8, 4) is 0 Å². The second-order valence-corrected chi connectivity index (χ2v) is 7.08. The number of aromatic nitrogens is 2. The molecule has 5 nitrogen and oxygen atoms in total. The number of H-pyrrole nitrogens is 2. The third-order valence-electron chi connectivity index (χ3n) is 5.39. The lowest BCUT2D eigenvalue weighted by Gasteiger charge is -2.10. The Kier molecular flexibility index (Phi) is 3.60. The van der Waals surface area contributed by atoms with E-state index in [0.717, 1.165) is 23.9 Å². The van der Waals surface area contributed by atoms with Crippen LogP contribution in [0.3, 0.4) is 0 Å². The van der Waals surface area contributed by atoms with Crippen LogP contribution in [0.5, 0.6) is 0 Å². The van der Waals surface area contributed by atoms with Gasteiger partial charge >= 0.3 is 0 Å². The Hall–Kier alpha value is -3.34. The van der Waals surface area contributed by atoms with E-state index in [9.17, 15) is 9.59 Å². The largest absolute Gasteiger partial charge is 0.360 e. The van der Waals surface area contributed by atoms with E-state index in [1.165, 1.54) is 35.7 Å². The SMILES string of the molecule is O=C(Nc1ccc2c3c([nH]c2c1)CCCC3)c1c[nH]c2ccccc2c1=O. The number of hydrogen-bond donors (Lipinski definition) is 3. The Balaban J connectivity index is 1.49. The summed E-state index contributed by atoms with van der Waals surface area (Å²) >= 11 is 0. The fourth-order valence-corrected chi connectivity index (χ4v) is 4.03. The summed E-state index contributed by atoms with van der Waals surface area (Å²) in [4.78, 5) is 31.8. The Bertz CT molecular complexity index is 1250. The first kappa shape index (κ1) is 15.9. The van der Waals surface area contributed by atoms with Crippen molar-refractivity contribution in [3.63, 3.8) is 0 Å². The molecule has 1 amide bonds. The molecule has 2 heterocycles. The summed E-state index contributed by atoms with van der Waals surface area (Å²) in [6.07, 6.45) is 6.11. The van der Waals surface area contributed by atoms with Crippen LogP contribution in [-0.4, -0.2) is 15.9 Å². The molecule has 0 saturated carbocycles. The number of aromatic amines is 2. The number of pyridine rings is 1. The molecule has 0 atom stereocenters. The van der Waals surface area contributed by atoms with E-state index in [0.29, 0.717) is 11.1 Å². The highest BCUT2D eigenvalue weighted by atomic mass is 16.2. The zero-order valence-corrected chi connectivity index (χ0v) is 14.8. The minimum absolute atomic E-state index is 0.111. The van der Waals surface area contributed by atoms with Crippen molar-refractivity contribution < 1.29 is 4.79 Å². The second-order valence-electron chi connectivity index (χ2n) is 7.08. The highest BCUT2D eigenvalue weighted by Crippen LogP contribution is 2.30. The van der Waals surface area contributed by atoms with Crippen LogP contribution >= 0.6 is 0 Å². The fraction of sp³-hybridized carbons (Fsp3) is 0.182. The van der Waals surface area contributed by atoms with Gasteiger partial charge in [0.05, 0.1) is 0 Å². The standard InChI is InChI=1S/C22H19N3O2/c26-21-16-6-2-3-7-18(16)23-12-17(21)22(27)24-13-9-10-15-14-5-1-4-8-19(14)25-20(15)11-13/h2-3,6-7,9-12,25H,1,4-5,8H2,(H,23,26)(H,24,27). The third kappa shape index (κ3) is 2.63. The molecule has 134 valence electrons. The maximum Gasteiger partial charge on any atom is 0.261 e. The molecule has 1 aliphatic carbocycles. The van der Waals surface area contributed by atoms with E-state index in [4.69, 9.17) is 0 Å². The molecule has 0 fully saturated rings. The molecule has 5 heteroatoms. The van der Waals surface area contributed by atoms with E-state index in [2.05, 4.69) is 21.4 Å². The summed E-state index contributed by atoms with van der Waals surface area (Å²) in [6.45, 7) is 0. The van der Waals surface area contributed by atoms with Crippen LogP contribution in [0.15, 0.2) is 53.5 Å². The molecule has 1 aliphatic rings. The number of carbonyl (C=O) groups is 1. The predicted octanol–water partition coefficient (Wildman–Crippen LogP) is 4.14. The number of amides is 1. The fourth-order valence-electron chi connectivity index (χ4n) is 4.03. The Labute approximate surface area is 155 Å². The number of benzene rings is 2. The molecule has 0 radical (unpaired) electrons. The first-order valence-electron chi connectivity index (χ1n) is 9.26. The number of carbonyl (C=O) groups excluding carboxylic acids is 1. The maximum absolute atomic E-state index is 12.7. The van der Waals surface area contributed by atoms with Gasteiger partial charge in [-0.1, -0.05) is 18.2 Å². The second kappa shape index (κ2) is 6.13. The van der Waals surface area contributed by atoms with Crippen molar-refractivity contribution in [3.05, 3.63) is 75.7 Å². The van der Waals surface area contributed by atoms with Crippen molar-refractivity contribution in [2.24, 2.45) is 0 Å². The van der Waals surface area contributed by atoms with Crippen molar-refractivity contribution in [1.29, 1.82) is 0 Å². The summed E-state index contributed by atoms with van der Waals surface area (Å²) in [7, 11) is 0. The number of nitrogens with one attached hydrogen (secondary N) is 3. The molecule has 2 aromatic carbocycles. The Morgan fingerprint density at radius 3 is 2.74 bits per heavy atom. The molecule has 3 N–H and O–H groups in total. The van der Waals surface area contributed by atoms with E-state index in [1.807, 2.05) is 24.3 Å². The van der Waals surface area contributed by atoms with Crippen LogP contribution in [0, 0.1) is 0 Å². The van der Waals surface area contributed by atoms with E-state index in [-0.39, 0.29) is 11.0 Å². The van der Waals surface area contributed by atoms with E-state index < -0.39 is 5.91 Å². The molecular weight excluding hydrogens is 338 g/mol. The zero-order chi connectivity index (χ0) is 18.4. The molecular formula is C22H19N3O2. The average molecular weight is 357 g/mol. The highest BCUT2D eigenvalue weighted by Gasteiger charge is 2.17. The van der Waals surface area contributed by atoms with Crippen LogP contribution in [0.25, 0.3) is 21.8 Å². The van der Waals surface area contributed by atoms with Gasteiger partial charge in [0.15, 0.2) is 0 Å². The van der Waals surface area contributed by atoms with Crippen LogP contribution in [0.1, 0.15) is 34.5 Å². The van der Waals surface area contributed by atoms with Gasteiger partial charge in [0.2, 0.25) is 5.43 Å². The van der Waals surface area contributed by atoms with Crippen LogP contribution in [-0.2, 0) is 12.8 Å². The minimum Gasteiger partial charge on any atom is -0.360 e. The molecule has 2 aromatic heterocycles. The van der Waals surface area contributed by atoms with Gasteiger partial charge in [-0.15, -0.1) is 0 Å². The molecule has 0 aliphatic heterocycles. The Morgan fingerprint density at radius 2 is 1.81 bits per heavy atom. The smallest absolute Gasteiger partial charge is 0.261 e. The number of aryl methyl sites for hydroxylation is 2. The molecule has 4 aromatic rings. The summed E-state index contributed by atoms with van der Waals surface area (Å²) < 4.78 is 0. The van der Waals surface area contributed by atoms with Gasteiger partial charge in [-0.05, 0) is 55.5 Å². The number of anilines is 1. The third-order valence-corrected chi connectivity index (χ3v) is 5.39. The van der Waals surface area contributed by atoms with E-state index in [1.54, 1.807) is 12.1 Å². The van der Waals surface area contributed by atoms with Gasteiger partial charge in [-0.25, -0.2) is 0 Å². The van der Waals surface area contributed by atoms with Crippen molar-refractivity contribution >= 4 is 33.4 Å². The lowest BCUT2D eigenvalue weighted by molar-refractivity contribution is 0.102. The number of para-hydroxylation sites is 1. The van der Waals surface area contributed by atoms with Gasteiger partial charge in [-0.2, -0.15) is 0 Å². The topological polar surface area (TPSA) is 77.8 Å². The van der Waals surface area contributed by atoms with Crippen molar-refractivity contribution in [2.75, 3.05) is 5.32 Å². The first-order valence-corrected chi connectivity index (χ1v) is 9.26. The number of rotatable bonds is 2. The molecule has 0 bridgehead atoms. The summed E-state index contributed by atoms with van der Waals surface area (Å²) in [5.41, 5.74) is 4.99. The Morgan fingerprint density at radius 1 is 0.963 bits per heavy atom. The lowest BCUT2D eigenvalue weighted by Crippen LogP contribution is -2.21. The van der Waals surface area contributed by atoms with Gasteiger partial charge in [0.25, 0.3) is 5.91 Å². The molecule has 27 heavy (non-hydrogen) atoms. The first-order chi connectivity index (χ1) is 13.2. The lowest BCUT2D eigenvalue weighted by atomic mass is 9.96. The van der Waals surface area contributed by atoms with Gasteiger partial charge in [-0.3, -0.25) is 9.59 Å². The quantitative estimate of drug-likeness (QED) is 0.504. The zero-order valence-electron chi connectivity index (χ0n) is 14.8.